The maximum Gasteiger partial charge on any atom is 0.130 e. The van der Waals surface area contributed by atoms with Gasteiger partial charge in [0, 0.05) is 35.7 Å². The summed E-state index contributed by atoms with van der Waals surface area (Å²) in [5.41, 5.74) is 4.02. The van der Waals surface area contributed by atoms with Crippen molar-refractivity contribution in [3.05, 3.63) is 67.4 Å². The molecule has 4 aromatic heterocycles. The third-order valence-electron chi connectivity index (χ3n) is 3.49. The number of nitrogens with one attached hydrogen (secondary N) is 2. The summed E-state index contributed by atoms with van der Waals surface area (Å²) in [6, 6.07) is 11.7. The Morgan fingerprint density at radius 1 is 0.864 bits per heavy atom. The summed E-state index contributed by atoms with van der Waals surface area (Å²) in [4.78, 5) is 16.0. The summed E-state index contributed by atoms with van der Waals surface area (Å²) in [7, 11) is 0. The zero-order valence-corrected chi connectivity index (χ0v) is 11.7. The molecular formula is C17H13N5. The van der Waals surface area contributed by atoms with Crippen LogP contribution in [0.4, 0.5) is 11.5 Å². The molecule has 0 radical (unpaired) electrons. The van der Waals surface area contributed by atoms with E-state index in [1.54, 1.807) is 24.8 Å². The molecule has 0 aliphatic carbocycles. The summed E-state index contributed by atoms with van der Waals surface area (Å²) < 4.78 is 0. The van der Waals surface area contributed by atoms with Gasteiger partial charge in [0.05, 0.1) is 23.1 Å². The zero-order valence-electron chi connectivity index (χ0n) is 11.7. The Kier molecular flexibility index (Phi) is 3.01. The first-order valence-corrected chi connectivity index (χ1v) is 6.96. The average Bonchev–Trinajstić information content (AvgIpc) is 2.95. The van der Waals surface area contributed by atoms with E-state index in [1.165, 1.54) is 0 Å². The van der Waals surface area contributed by atoms with Gasteiger partial charge in [-0.15, -0.1) is 0 Å². The van der Waals surface area contributed by atoms with Gasteiger partial charge in [-0.2, -0.15) is 0 Å². The third-order valence-corrected chi connectivity index (χ3v) is 3.49. The molecule has 106 valence electrons. The fourth-order valence-electron chi connectivity index (χ4n) is 2.47. The number of hydrogen-bond donors (Lipinski definition) is 2. The van der Waals surface area contributed by atoms with Crippen LogP contribution in [0.1, 0.15) is 0 Å². The molecule has 0 aliphatic rings. The van der Waals surface area contributed by atoms with Crippen LogP contribution in [0.15, 0.2) is 67.4 Å². The second kappa shape index (κ2) is 5.29. The predicted molar refractivity (Wildman–Crippen MR) is 86.8 cm³/mol. The third kappa shape index (κ3) is 2.18. The second-order valence-corrected chi connectivity index (χ2v) is 4.87. The highest BCUT2D eigenvalue weighted by atomic mass is 15.0. The molecule has 0 spiro atoms. The van der Waals surface area contributed by atoms with Crippen LogP contribution >= 0.6 is 0 Å². The van der Waals surface area contributed by atoms with Gasteiger partial charge in [-0.1, -0.05) is 6.07 Å². The number of anilines is 2. The molecule has 4 rings (SSSR count). The molecule has 4 heterocycles. The monoisotopic (exact) mass is 287 g/mol. The minimum Gasteiger partial charge on any atom is -0.352 e. The molecule has 0 atom stereocenters. The average molecular weight is 287 g/mol. The van der Waals surface area contributed by atoms with Crippen molar-refractivity contribution < 1.29 is 0 Å². The fraction of sp³-hybridized carbons (Fsp3) is 0. The number of hydrogen-bond acceptors (Lipinski definition) is 4. The van der Waals surface area contributed by atoms with E-state index in [0.717, 1.165) is 33.7 Å². The smallest absolute Gasteiger partial charge is 0.130 e. The lowest BCUT2D eigenvalue weighted by molar-refractivity contribution is 1.30. The van der Waals surface area contributed by atoms with Gasteiger partial charge in [0.25, 0.3) is 0 Å². The van der Waals surface area contributed by atoms with Gasteiger partial charge in [0.15, 0.2) is 0 Å². The summed E-state index contributed by atoms with van der Waals surface area (Å²) in [5, 5.41) is 4.48. The predicted octanol–water partition coefficient (Wildman–Crippen LogP) is 3.76. The summed E-state index contributed by atoms with van der Waals surface area (Å²) >= 11 is 0. The van der Waals surface area contributed by atoms with Gasteiger partial charge in [0.2, 0.25) is 0 Å². The molecular weight excluding hydrogens is 274 g/mol. The van der Waals surface area contributed by atoms with Gasteiger partial charge < -0.3 is 10.3 Å². The summed E-state index contributed by atoms with van der Waals surface area (Å²) in [6.45, 7) is 0. The van der Waals surface area contributed by atoms with E-state index in [1.807, 2.05) is 42.6 Å². The topological polar surface area (TPSA) is 66.5 Å². The van der Waals surface area contributed by atoms with Crippen LogP contribution in [0.3, 0.4) is 0 Å². The van der Waals surface area contributed by atoms with Crippen molar-refractivity contribution in [3.8, 4) is 11.3 Å². The molecule has 5 nitrogen and oxygen atoms in total. The van der Waals surface area contributed by atoms with E-state index in [9.17, 15) is 0 Å². The highest BCUT2D eigenvalue weighted by Crippen LogP contribution is 2.35. The SMILES string of the molecule is c1ccc(Nc2c(-c3ccncc3)[nH]c3cnccc23)nc1. The van der Waals surface area contributed by atoms with Crippen molar-refractivity contribution in [2.24, 2.45) is 0 Å². The van der Waals surface area contributed by atoms with Gasteiger partial charge >= 0.3 is 0 Å². The Labute approximate surface area is 127 Å². The van der Waals surface area contributed by atoms with Crippen molar-refractivity contribution in [2.45, 2.75) is 0 Å². The second-order valence-electron chi connectivity index (χ2n) is 4.87. The number of H-pyrrole nitrogens is 1. The Hall–Kier alpha value is -3.21. The van der Waals surface area contributed by atoms with Gasteiger partial charge in [-0.05, 0) is 30.3 Å². The van der Waals surface area contributed by atoms with Crippen LogP contribution in [-0.4, -0.2) is 19.9 Å². The first-order valence-electron chi connectivity index (χ1n) is 6.96. The molecule has 0 fully saturated rings. The van der Waals surface area contributed by atoms with Crippen LogP contribution in [0.25, 0.3) is 22.2 Å². The first-order chi connectivity index (χ1) is 10.9. The number of nitrogens with zero attached hydrogens (tertiary/aromatic N) is 3. The highest BCUT2D eigenvalue weighted by molar-refractivity contribution is 6.02. The van der Waals surface area contributed by atoms with E-state index in [0.29, 0.717) is 0 Å². The minimum atomic E-state index is 0.801. The van der Waals surface area contributed by atoms with Crippen LogP contribution in [-0.2, 0) is 0 Å². The Balaban J connectivity index is 1.91. The lowest BCUT2D eigenvalue weighted by Gasteiger charge is -2.07. The van der Waals surface area contributed by atoms with Crippen molar-refractivity contribution in [3.63, 3.8) is 0 Å². The molecule has 0 aliphatic heterocycles. The van der Waals surface area contributed by atoms with Crippen molar-refractivity contribution in [1.82, 2.24) is 19.9 Å². The van der Waals surface area contributed by atoms with Gasteiger partial charge in [-0.25, -0.2) is 4.98 Å². The maximum absolute atomic E-state index is 4.34. The minimum absolute atomic E-state index is 0.801. The molecule has 0 amide bonds. The number of rotatable bonds is 3. The quantitative estimate of drug-likeness (QED) is 0.602. The fourth-order valence-corrected chi connectivity index (χ4v) is 2.47. The number of aromatic amines is 1. The highest BCUT2D eigenvalue weighted by Gasteiger charge is 2.13. The van der Waals surface area contributed by atoms with Gasteiger partial charge in [-0.3, -0.25) is 9.97 Å². The molecule has 2 N–H and O–H groups in total. The molecule has 0 unspecified atom stereocenters. The maximum atomic E-state index is 4.34. The lowest BCUT2D eigenvalue weighted by Crippen LogP contribution is -1.94. The standard InChI is InChI=1S/C17H13N5/c1-2-7-20-15(3-1)22-17-13-6-10-19-11-14(13)21-16(17)12-4-8-18-9-5-12/h1-11,21H,(H,20,22). The largest absolute Gasteiger partial charge is 0.352 e. The molecule has 0 saturated heterocycles. The van der Waals surface area contributed by atoms with Crippen LogP contribution in [0.2, 0.25) is 0 Å². The molecule has 4 aromatic rings. The lowest BCUT2D eigenvalue weighted by atomic mass is 10.1. The van der Waals surface area contributed by atoms with Gasteiger partial charge in [0.1, 0.15) is 5.82 Å². The number of pyridine rings is 3. The normalized spacial score (nSPS) is 10.7. The molecule has 0 aromatic carbocycles. The Morgan fingerprint density at radius 3 is 2.55 bits per heavy atom. The van der Waals surface area contributed by atoms with Crippen LogP contribution < -0.4 is 5.32 Å². The molecule has 5 heteroatoms. The number of fused-ring (bicyclic) bond motifs is 1. The summed E-state index contributed by atoms with van der Waals surface area (Å²) in [6.07, 6.45) is 8.94. The van der Waals surface area contributed by atoms with E-state index in [2.05, 4.69) is 25.3 Å². The van der Waals surface area contributed by atoms with E-state index < -0.39 is 0 Å². The summed E-state index contributed by atoms with van der Waals surface area (Å²) in [5.74, 6) is 0.801. The van der Waals surface area contributed by atoms with Crippen molar-refractivity contribution >= 4 is 22.4 Å². The zero-order chi connectivity index (χ0) is 14.8. The van der Waals surface area contributed by atoms with E-state index >= 15 is 0 Å². The molecule has 22 heavy (non-hydrogen) atoms. The Morgan fingerprint density at radius 2 is 1.73 bits per heavy atom. The molecule has 0 saturated carbocycles. The Bertz CT molecular complexity index is 900. The van der Waals surface area contributed by atoms with E-state index in [4.69, 9.17) is 0 Å². The van der Waals surface area contributed by atoms with Crippen molar-refractivity contribution in [2.75, 3.05) is 5.32 Å². The van der Waals surface area contributed by atoms with E-state index in [-0.39, 0.29) is 0 Å². The number of aromatic nitrogens is 4. The van der Waals surface area contributed by atoms with Crippen LogP contribution in [0, 0.1) is 0 Å². The van der Waals surface area contributed by atoms with Crippen molar-refractivity contribution in [1.29, 1.82) is 0 Å². The van der Waals surface area contributed by atoms with Crippen LogP contribution in [0.5, 0.6) is 0 Å². The first kappa shape index (κ1) is 12.5. The molecule has 0 bridgehead atoms.